The van der Waals surface area contributed by atoms with Crippen molar-refractivity contribution in [2.24, 2.45) is 0 Å². The fourth-order valence-corrected chi connectivity index (χ4v) is 3.24. The van der Waals surface area contributed by atoms with Crippen molar-refractivity contribution >= 4 is 11.3 Å². The zero-order chi connectivity index (χ0) is 11.7. The second-order valence-corrected chi connectivity index (χ2v) is 5.80. The minimum absolute atomic E-state index is 0.515. The molecule has 3 rings (SSSR count). The van der Waals surface area contributed by atoms with Crippen LogP contribution in [0.5, 0.6) is 0 Å². The maximum atomic E-state index is 10.1. The number of thiophene rings is 1. The van der Waals surface area contributed by atoms with E-state index < -0.39 is 5.60 Å². The smallest absolute Gasteiger partial charge is 0.0943 e. The number of aliphatic hydroxyl groups is 1. The molecule has 1 aliphatic rings. The normalized spacial score (nSPS) is 17.7. The highest BCUT2D eigenvalue weighted by Crippen LogP contribution is 2.30. The van der Waals surface area contributed by atoms with Gasteiger partial charge in [0.1, 0.15) is 0 Å². The molecule has 0 amide bonds. The maximum Gasteiger partial charge on any atom is 0.0943 e. The van der Waals surface area contributed by atoms with E-state index in [1.807, 2.05) is 6.07 Å². The topological polar surface area (TPSA) is 32.3 Å². The summed E-state index contributed by atoms with van der Waals surface area (Å²) in [4.78, 5) is 2.53. The second-order valence-electron chi connectivity index (χ2n) is 4.64. The van der Waals surface area contributed by atoms with E-state index in [1.54, 1.807) is 11.3 Å². The molecule has 3 heteroatoms. The van der Waals surface area contributed by atoms with Crippen LogP contribution in [0.25, 0.3) is 10.4 Å². The van der Waals surface area contributed by atoms with E-state index in [0.29, 0.717) is 13.1 Å². The van der Waals surface area contributed by atoms with Crippen molar-refractivity contribution in [1.82, 2.24) is 5.32 Å². The van der Waals surface area contributed by atoms with Gasteiger partial charge < -0.3 is 10.4 Å². The molecule has 2 nitrogen and oxygen atoms in total. The quantitative estimate of drug-likeness (QED) is 0.869. The van der Waals surface area contributed by atoms with Crippen LogP contribution in [0, 0.1) is 0 Å². The molecular formula is C14H15NOS. The van der Waals surface area contributed by atoms with Crippen LogP contribution in [0.3, 0.4) is 0 Å². The Morgan fingerprint density at radius 2 is 1.88 bits per heavy atom. The summed E-state index contributed by atoms with van der Waals surface area (Å²) in [7, 11) is 0. The molecule has 17 heavy (non-hydrogen) atoms. The molecule has 0 saturated carbocycles. The molecule has 0 unspecified atom stereocenters. The minimum atomic E-state index is -0.515. The van der Waals surface area contributed by atoms with Gasteiger partial charge in [-0.05, 0) is 17.7 Å². The van der Waals surface area contributed by atoms with Crippen LogP contribution in [-0.4, -0.2) is 23.8 Å². The Labute approximate surface area is 105 Å². The fraction of sp³-hybridized carbons (Fsp3) is 0.286. The summed E-state index contributed by atoms with van der Waals surface area (Å²) in [6.45, 7) is 1.43. The molecule has 2 N–H and O–H groups in total. The van der Waals surface area contributed by atoms with Gasteiger partial charge in [0.15, 0.2) is 0 Å². The number of nitrogens with one attached hydrogen (secondary N) is 1. The summed E-state index contributed by atoms with van der Waals surface area (Å²) >= 11 is 1.77. The molecule has 0 atom stereocenters. The van der Waals surface area contributed by atoms with Crippen LogP contribution < -0.4 is 5.32 Å². The summed E-state index contributed by atoms with van der Waals surface area (Å²) in [6, 6.07) is 14.6. The molecule has 0 aliphatic carbocycles. The molecular weight excluding hydrogens is 230 g/mol. The highest BCUT2D eigenvalue weighted by molar-refractivity contribution is 7.15. The Morgan fingerprint density at radius 1 is 1.12 bits per heavy atom. The molecule has 88 valence electrons. The fourth-order valence-electron chi connectivity index (χ4n) is 2.09. The van der Waals surface area contributed by atoms with Gasteiger partial charge in [0.05, 0.1) is 5.60 Å². The first kappa shape index (κ1) is 11.0. The van der Waals surface area contributed by atoms with E-state index in [4.69, 9.17) is 0 Å². The molecule has 1 aromatic carbocycles. The first-order valence-electron chi connectivity index (χ1n) is 5.82. The van der Waals surface area contributed by atoms with E-state index in [1.165, 1.54) is 15.3 Å². The van der Waals surface area contributed by atoms with Gasteiger partial charge in [0, 0.05) is 29.3 Å². The van der Waals surface area contributed by atoms with Gasteiger partial charge >= 0.3 is 0 Å². The van der Waals surface area contributed by atoms with Crippen molar-refractivity contribution in [2.75, 3.05) is 13.1 Å². The van der Waals surface area contributed by atoms with Crippen molar-refractivity contribution in [3.8, 4) is 10.4 Å². The van der Waals surface area contributed by atoms with E-state index >= 15 is 0 Å². The molecule has 2 heterocycles. The van der Waals surface area contributed by atoms with E-state index in [0.717, 1.165) is 6.42 Å². The lowest BCUT2D eigenvalue weighted by Gasteiger charge is -2.37. The van der Waals surface area contributed by atoms with Crippen molar-refractivity contribution < 1.29 is 5.11 Å². The third-order valence-corrected chi connectivity index (χ3v) is 4.27. The third kappa shape index (κ3) is 2.27. The highest BCUT2D eigenvalue weighted by atomic mass is 32.1. The lowest BCUT2D eigenvalue weighted by Crippen LogP contribution is -2.60. The molecule has 1 saturated heterocycles. The largest absolute Gasteiger partial charge is 0.387 e. The lowest BCUT2D eigenvalue weighted by molar-refractivity contribution is -0.00833. The Bertz CT molecular complexity index is 502. The van der Waals surface area contributed by atoms with Gasteiger partial charge in [-0.3, -0.25) is 0 Å². The van der Waals surface area contributed by atoms with Crippen LogP contribution >= 0.6 is 11.3 Å². The van der Waals surface area contributed by atoms with Crippen LogP contribution in [0.2, 0.25) is 0 Å². The number of hydrogen-bond donors (Lipinski definition) is 2. The van der Waals surface area contributed by atoms with E-state index in [9.17, 15) is 5.11 Å². The average molecular weight is 245 g/mol. The van der Waals surface area contributed by atoms with Crippen molar-refractivity contribution in [2.45, 2.75) is 12.0 Å². The minimum Gasteiger partial charge on any atom is -0.387 e. The Morgan fingerprint density at radius 3 is 2.53 bits per heavy atom. The van der Waals surface area contributed by atoms with Crippen LogP contribution in [0.15, 0.2) is 42.5 Å². The molecule has 1 aliphatic heterocycles. The third-order valence-electron chi connectivity index (χ3n) is 3.13. The number of β-amino-alcohol motifs (C(OH)–C–C–N with tert-alkyl or cyclic N) is 1. The summed E-state index contributed by atoms with van der Waals surface area (Å²) in [5.41, 5.74) is 0.737. The summed E-state index contributed by atoms with van der Waals surface area (Å²) in [5.74, 6) is 0. The van der Waals surface area contributed by atoms with Gasteiger partial charge in [-0.1, -0.05) is 30.3 Å². The van der Waals surface area contributed by atoms with E-state index in [-0.39, 0.29) is 0 Å². The molecule has 1 fully saturated rings. The zero-order valence-corrected chi connectivity index (χ0v) is 10.3. The Kier molecular flexibility index (Phi) is 2.74. The standard InChI is InChI=1S/C14H15NOS/c16-14(9-15-10-14)8-12-6-7-13(17-12)11-4-2-1-3-5-11/h1-7,15-16H,8-10H2. The van der Waals surface area contributed by atoms with Crippen molar-refractivity contribution in [1.29, 1.82) is 0 Å². The molecule has 0 radical (unpaired) electrons. The number of hydrogen-bond acceptors (Lipinski definition) is 3. The van der Waals surface area contributed by atoms with E-state index in [2.05, 4.69) is 41.7 Å². The molecule has 0 spiro atoms. The summed E-state index contributed by atoms with van der Waals surface area (Å²) in [5, 5.41) is 13.2. The Balaban J connectivity index is 1.79. The van der Waals surface area contributed by atoms with Crippen molar-refractivity contribution in [3.63, 3.8) is 0 Å². The average Bonchev–Trinajstić information content (AvgIpc) is 2.77. The van der Waals surface area contributed by atoms with Crippen molar-refractivity contribution in [3.05, 3.63) is 47.3 Å². The number of benzene rings is 1. The lowest BCUT2D eigenvalue weighted by atomic mass is 9.92. The van der Waals surface area contributed by atoms with Crippen LogP contribution in [0.1, 0.15) is 4.88 Å². The van der Waals surface area contributed by atoms with Gasteiger partial charge in [-0.15, -0.1) is 11.3 Å². The SMILES string of the molecule is OC1(Cc2ccc(-c3ccccc3)s2)CNC1. The second kappa shape index (κ2) is 4.26. The summed E-state index contributed by atoms with van der Waals surface area (Å²) in [6.07, 6.45) is 0.761. The molecule has 1 aromatic heterocycles. The zero-order valence-electron chi connectivity index (χ0n) is 9.52. The van der Waals surface area contributed by atoms with Crippen LogP contribution in [0.4, 0.5) is 0 Å². The Hall–Kier alpha value is -1.16. The number of rotatable bonds is 3. The predicted octanol–water partition coefficient (Wildman–Crippen LogP) is 2.29. The summed E-state index contributed by atoms with van der Waals surface area (Å²) < 4.78 is 0. The highest BCUT2D eigenvalue weighted by Gasteiger charge is 2.34. The van der Waals surface area contributed by atoms with Crippen LogP contribution in [-0.2, 0) is 6.42 Å². The van der Waals surface area contributed by atoms with Gasteiger partial charge in [-0.25, -0.2) is 0 Å². The van der Waals surface area contributed by atoms with Gasteiger partial charge in [0.25, 0.3) is 0 Å². The maximum absolute atomic E-state index is 10.1. The first-order chi connectivity index (χ1) is 8.25. The predicted molar refractivity (Wildman–Crippen MR) is 71.3 cm³/mol. The molecule has 2 aromatic rings. The first-order valence-corrected chi connectivity index (χ1v) is 6.64. The van der Waals surface area contributed by atoms with Gasteiger partial charge in [0.2, 0.25) is 0 Å². The van der Waals surface area contributed by atoms with Gasteiger partial charge in [-0.2, -0.15) is 0 Å². The monoisotopic (exact) mass is 245 g/mol. The molecule has 0 bridgehead atoms.